The molecule has 0 saturated carbocycles. The van der Waals surface area contributed by atoms with Crippen molar-refractivity contribution in [1.29, 1.82) is 0 Å². The Morgan fingerprint density at radius 3 is 2.47 bits per heavy atom. The molecular formula is C23H24N2O7. The van der Waals surface area contributed by atoms with Crippen molar-refractivity contribution in [1.82, 2.24) is 10.6 Å². The highest BCUT2D eigenvalue weighted by atomic mass is 16.5. The zero-order valence-corrected chi connectivity index (χ0v) is 17.7. The normalized spacial score (nSPS) is 12.8. The molecule has 9 nitrogen and oxygen atoms in total. The number of benzene rings is 2. The van der Waals surface area contributed by atoms with E-state index in [0.717, 1.165) is 10.8 Å². The summed E-state index contributed by atoms with van der Waals surface area (Å²) < 4.78 is 10.8. The zero-order chi connectivity index (χ0) is 23.3. The van der Waals surface area contributed by atoms with Crippen molar-refractivity contribution < 1.29 is 28.6 Å². The summed E-state index contributed by atoms with van der Waals surface area (Å²) in [5.41, 5.74) is -0.137. The molecule has 0 radical (unpaired) electrons. The first-order valence-electron chi connectivity index (χ1n) is 10.2. The molecule has 0 fully saturated rings. The fourth-order valence-electron chi connectivity index (χ4n) is 3.24. The average molecular weight is 440 g/mol. The maximum Gasteiger partial charge on any atom is 0.344 e. The second-order valence-electron chi connectivity index (χ2n) is 7.43. The molecule has 1 aromatic heterocycles. The molecule has 0 aliphatic carbocycles. The minimum atomic E-state index is -1.13. The highest BCUT2D eigenvalue weighted by Gasteiger charge is 2.25. The van der Waals surface area contributed by atoms with Gasteiger partial charge in [0, 0.05) is 11.5 Å². The first kappa shape index (κ1) is 22.8. The molecule has 1 heterocycles. The van der Waals surface area contributed by atoms with Gasteiger partial charge in [0.05, 0.1) is 11.9 Å². The van der Waals surface area contributed by atoms with Crippen molar-refractivity contribution >= 4 is 39.5 Å². The number of ether oxygens (including phenoxy) is 1. The van der Waals surface area contributed by atoms with Gasteiger partial charge in [-0.05, 0) is 29.5 Å². The molecule has 9 heteroatoms. The Kier molecular flexibility index (Phi) is 7.09. The molecule has 3 N–H and O–H groups in total. The molecule has 0 spiro atoms. The first-order chi connectivity index (χ1) is 15.3. The number of aliphatic carboxylic acids is 1. The van der Waals surface area contributed by atoms with Crippen molar-refractivity contribution in [2.75, 3.05) is 13.2 Å². The number of carboxylic acid groups (broad SMARTS) is 1. The quantitative estimate of drug-likeness (QED) is 0.342. The second-order valence-corrected chi connectivity index (χ2v) is 7.43. The van der Waals surface area contributed by atoms with Gasteiger partial charge in [0.15, 0.2) is 6.61 Å². The van der Waals surface area contributed by atoms with Gasteiger partial charge in [-0.3, -0.25) is 9.59 Å². The third-order valence-electron chi connectivity index (χ3n) is 5.20. The Bertz CT molecular complexity index is 1220. The van der Waals surface area contributed by atoms with E-state index >= 15 is 0 Å². The highest BCUT2D eigenvalue weighted by Crippen LogP contribution is 2.26. The topological polar surface area (TPSA) is 135 Å². The van der Waals surface area contributed by atoms with Crippen molar-refractivity contribution in [2.24, 2.45) is 5.92 Å². The number of carbonyl (C=O) groups is 3. The molecule has 0 saturated heterocycles. The molecule has 3 aromatic rings. The smallest absolute Gasteiger partial charge is 0.344 e. The third-order valence-corrected chi connectivity index (χ3v) is 5.20. The number of carboxylic acids is 1. The molecule has 2 aromatic carbocycles. The predicted molar refractivity (Wildman–Crippen MR) is 118 cm³/mol. The van der Waals surface area contributed by atoms with Gasteiger partial charge < -0.3 is 24.9 Å². The fourth-order valence-corrected chi connectivity index (χ4v) is 3.24. The van der Waals surface area contributed by atoms with E-state index in [1.54, 1.807) is 31.2 Å². The lowest BCUT2D eigenvalue weighted by molar-refractivity contribution is -0.143. The van der Waals surface area contributed by atoms with Crippen LogP contribution in [0.3, 0.4) is 0 Å². The number of hydrogen-bond acceptors (Lipinski definition) is 6. The number of carbonyl (C=O) groups excluding carboxylic acids is 2. The third kappa shape index (κ3) is 5.23. The lowest BCUT2D eigenvalue weighted by atomic mass is 9.99. The van der Waals surface area contributed by atoms with Crippen LogP contribution in [-0.2, 0) is 14.4 Å². The minimum Gasteiger partial charge on any atom is -0.484 e. The first-order valence-corrected chi connectivity index (χ1v) is 10.2. The summed E-state index contributed by atoms with van der Waals surface area (Å²) >= 11 is 0. The molecule has 168 valence electrons. The molecule has 0 aliphatic rings. The van der Waals surface area contributed by atoms with Crippen LogP contribution in [0.2, 0.25) is 0 Å². The highest BCUT2D eigenvalue weighted by molar-refractivity contribution is 6.04. The van der Waals surface area contributed by atoms with Crippen LogP contribution in [0.15, 0.2) is 51.7 Å². The van der Waals surface area contributed by atoms with Crippen LogP contribution in [0.25, 0.3) is 21.7 Å². The number of nitrogens with one attached hydrogen (secondary N) is 2. The SMILES string of the molecule is CCC(C)C(NC(=O)CNC(=O)COc1ccc2c(c1)oc(=O)c1ccccc12)C(=O)O. The lowest BCUT2D eigenvalue weighted by Crippen LogP contribution is -2.48. The number of amides is 2. The molecule has 32 heavy (non-hydrogen) atoms. The standard InChI is InChI=1S/C23H24N2O7/c1-3-13(2)21(22(28)29)25-19(26)11-24-20(27)12-31-14-8-9-16-15-6-4-5-7-17(15)23(30)32-18(16)10-14/h4-10,13,21H,3,11-12H2,1-2H3,(H,24,27)(H,25,26)(H,28,29). The Morgan fingerprint density at radius 1 is 1.06 bits per heavy atom. The lowest BCUT2D eigenvalue weighted by Gasteiger charge is -2.20. The van der Waals surface area contributed by atoms with E-state index in [4.69, 9.17) is 9.15 Å². The Hall–Kier alpha value is -3.88. The Balaban J connectivity index is 1.58. The van der Waals surface area contributed by atoms with E-state index in [-0.39, 0.29) is 19.1 Å². The maximum atomic E-state index is 12.2. The number of fused-ring (bicyclic) bond motifs is 3. The monoisotopic (exact) mass is 440 g/mol. The molecule has 0 aliphatic heterocycles. The van der Waals surface area contributed by atoms with E-state index in [0.29, 0.717) is 23.1 Å². The van der Waals surface area contributed by atoms with E-state index in [1.807, 2.05) is 19.1 Å². The summed E-state index contributed by atoms with van der Waals surface area (Å²) in [5, 5.41) is 16.0. The van der Waals surface area contributed by atoms with Crippen molar-refractivity contribution in [3.63, 3.8) is 0 Å². The van der Waals surface area contributed by atoms with Crippen LogP contribution < -0.4 is 21.0 Å². The van der Waals surface area contributed by atoms with E-state index in [2.05, 4.69) is 10.6 Å². The summed E-state index contributed by atoms with van der Waals surface area (Å²) in [5.74, 6) is -2.22. The number of rotatable bonds is 9. The zero-order valence-electron chi connectivity index (χ0n) is 17.7. The van der Waals surface area contributed by atoms with Crippen LogP contribution >= 0.6 is 0 Å². The molecular weight excluding hydrogens is 416 g/mol. The predicted octanol–water partition coefficient (Wildman–Crippen LogP) is 2.06. The van der Waals surface area contributed by atoms with Crippen molar-refractivity contribution in [3.05, 3.63) is 52.9 Å². The summed E-state index contributed by atoms with van der Waals surface area (Å²) in [7, 11) is 0. The van der Waals surface area contributed by atoms with Crippen LogP contribution in [0.1, 0.15) is 20.3 Å². The van der Waals surface area contributed by atoms with Gasteiger partial charge in [0.2, 0.25) is 5.91 Å². The fraction of sp³-hybridized carbons (Fsp3) is 0.304. The van der Waals surface area contributed by atoms with Gasteiger partial charge in [-0.1, -0.05) is 38.5 Å². The van der Waals surface area contributed by atoms with Crippen LogP contribution in [0, 0.1) is 5.92 Å². The van der Waals surface area contributed by atoms with Crippen LogP contribution in [0.4, 0.5) is 0 Å². The molecule has 0 bridgehead atoms. The average Bonchev–Trinajstić information content (AvgIpc) is 2.79. The van der Waals surface area contributed by atoms with Gasteiger partial charge in [-0.2, -0.15) is 0 Å². The van der Waals surface area contributed by atoms with Gasteiger partial charge in [0.25, 0.3) is 5.91 Å². The second kappa shape index (κ2) is 9.95. The van der Waals surface area contributed by atoms with E-state index in [9.17, 15) is 24.3 Å². The summed E-state index contributed by atoms with van der Waals surface area (Å²) in [6.07, 6.45) is 0.582. The Morgan fingerprint density at radius 2 is 1.78 bits per heavy atom. The van der Waals surface area contributed by atoms with Gasteiger partial charge in [-0.15, -0.1) is 0 Å². The minimum absolute atomic E-state index is 0.249. The number of hydrogen-bond donors (Lipinski definition) is 3. The summed E-state index contributed by atoms with van der Waals surface area (Å²) in [4.78, 5) is 47.4. The largest absolute Gasteiger partial charge is 0.484 e. The summed E-state index contributed by atoms with van der Waals surface area (Å²) in [6.45, 7) is 2.80. The Labute approximate surface area is 183 Å². The van der Waals surface area contributed by atoms with Crippen LogP contribution in [-0.4, -0.2) is 42.1 Å². The van der Waals surface area contributed by atoms with Gasteiger partial charge >= 0.3 is 11.6 Å². The molecule has 2 atom stereocenters. The van der Waals surface area contributed by atoms with Gasteiger partial charge in [0.1, 0.15) is 17.4 Å². The van der Waals surface area contributed by atoms with Crippen molar-refractivity contribution in [3.8, 4) is 5.75 Å². The van der Waals surface area contributed by atoms with E-state index < -0.39 is 29.5 Å². The molecule has 2 unspecified atom stereocenters. The van der Waals surface area contributed by atoms with E-state index in [1.165, 1.54) is 6.07 Å². The summed E-state index contributed by atoms with van der Waals surface area (Å²) in [6, 6.07) is 11.0. The van der Waals surface area contributed by atoms with Gasteiger partial charge in [-0.25, -0.2) is 9.59 Å². The van der Waals surface area contributed by atoms with Crippen molar-refractivity contribution in [2.45, 2.75) is 26.3 Å². The molecule has 2 amide bonds. The molecule has 3 rings (SSSR count). The maximum absolute atomic E-state index is 12.2. The van der Waals surface area contributed by atoms with Crippen LogP contribution in [0.5, 0.6) is 5.75 Å².